The summed E-state index contributed by atoms with van der Waals surface area (Å²) < 4.78 is 0. The smallest absolute Gasteiger partial charge is 0.0952 e. The molecular formula is C19H22N2O. The van der Waals surface area contributed by atoms with Gasteiger partial charge in [-0.05, 0) is 48.9 Å². The average Bonchev–Trinajstić information content (AvgIpc) is 2.60. The third kappa shape index (κ3) is 2.16. The number of pyridine rings is 1. The second kappa shape index (κ2) is 5.49. The molecule has 5 rings (SSSR count). The largest absolute Gasteiger partial charge is 0.387 e. The molecule has 0 amide bonds. The highest BCUT2D eigenvalue weighted by Gasteiger charge is 2.42. The highest BCUT2D eigenvalue weighted by Crippen LogP contribution is 2.41. The van der Waals surface area contributed by atoms with E-state index in [1.165, 1.54) is 6.42 Å². The molecule has 0 saturated carbocycles. The van der Waals surface area contributed by atoms with E-state index in [0.717, 1.165) is 36.0 Å². The van der Waals surface area contributed by atoms with E-state index in [2.05, 4.69) is 28.6 Å². The maximum absolute atomic E-state index is 11.0. The zero-order chi connectivity index (χ0) is 15.1. The first-order valence-electron chi connectivity index (χ1n) is 8.16. The van der Waals surface area contributed by atoms with Crippen molar-refractivity contribution in [2.45, 2.75) is 25.0 Å². The maximum Gasteiger partial charge on any atom is 0.0952 e. The summed E-state index contributed by atoms with van der Waals surface area (Å²) in [5.74, 6) is 1.27. The maximum atomic E-state index is 11.0. The highest BCUT2D eigenvalue weighted by atomic mass is 16.3. The molecule has 1 aromatic heterocycles. The van der Waals surface area contributed by atoms with Gasteiger partial charge >= 0.3 is 0 Å². The van der Waals surface area contributed by atoms with E-state index in [1.54, 1.807) is 0 Å². The van der Waals surface area contributed by atoms with Gasteiger partial charge in [0.1, 0.15) is 0 Å². The van der Waals surface area contributed by atoms with E-state index in [1.807, 2.05) is 30.5 Å². The van der Waals surface area contributed by atoms with E-state index in [0.29, 0.717) is 11.8 Å². The van der Waals surface area contributed by atoms with Gasteiger partial charge in [-0.2, -0.15) is 0 Å². The number of aliphatic hydroxyl groups is 1. The van der Waals surface area contributed by atoms with Crippen LogP contribution < -0.4 is 0 Å². The zero-order valence-electron chi connectivity index (χ0n) is 12.7. The topological polar surface area (TPSA) is 36.4 Å². The number of rotatable bonds is 3. The summed E-state index contributed by atoms with van der Waals surface area (Å²) in [6.07, 6.45) is 5.76. The fraction of sp³-hybridized carbons (Fsp3) is 0.421. The van der Waals surface area contributed by atoms with Crippen LogP contribution in [0, 0.1) is 11.8 Å². The summed E-state index contributed by atoms with van der Waals surface area (Å²) >= 11 is 0. The van der Waals surface area contributed by atoms with Crippen molar-refractivity contribution in [3.05, 3.63) is 54.7 Å². The molecule has 0 spiro atoms. The number of benzene rings is 1. The molecule has 1 aromatic carbocycles. The third-order valence-corrected chi connectivity index (χ3v) is 5.52. The predicted molar refractivity (Wildman–Crippen MR) is 88.5 cm³/mol. The molecule has 3 aliphatic heterocycles. The van der Waals surface area contributed by atoms with Crippen LogP contribution in [-0.2, 0) is 0 Å². The number of para-hydroxylation sites is 1. The first-order valence-corrected chi connectivity index (χ1v) is 8.16. The lowest BCUT2D eigenvalue weighted by molar-refractivity contribution is -0.0444. The van der Waals surface area contributed by atoms with E-state index < -0.39 is 6.10 Å². The quantitative estimate of drug-likeness (QED) is 0.883. The van der Waals surface area contributed by atoms with Crippen molar-refractivity contribution in [3.63, 3.8) is 0 Å². The molecule has 3 heteroatoms. The van der Waals surface area contributed by atoms with Crippen LogP contribution in [0.2, 0.25) is 0 Å². The van der Waals surface area contributed by atoms with Crippen LogP contribution in [0.25, 0.3) is 10.9 Å². The molecule has 2 aromatic rings. The van der Waals surface area contributed by atoms with Gasteiger partial charge in [-0.3, -0.25) is 9.88 Å². The van der Waals surface area contributed by atoms with Crippen molar-refractivity contribution in [2.24, 2.45) is 11.8 Å². The number of nitrogens with zero attached hydrogens (tertiary/aromatic N) is 2. The Labute approximate surface area is 131 Å². The number of hydrogen-bond donors (Lipinski definition) is 1. The third-order valence-electron chi connectivity index (χ3n) is 5.52. The van der Waals surface area contributed by atoms with E-state index >= 15 is 0 Å². The van der Waals surface area contributed by atoms with Gasteiger partial charge in [0.2, 0.25) is 0 Å². The molecular weight excluding hydrogens is 272 g/mol. The molecule has 114 valence electrons. The van der Waals surface area contributed by atoms with Crippen molar-refractivity contribution in [3.8, 4) is 0 Å². The van der Waals surface area contributed by atoms with Gasteiger partial charge in [0, 0.05) is 24.2 Å². The molecule has 22 heavy (non-hydrogen) atoms. The molecule has 0 radical (unpaired) electrons. The molecule has 4 heterocycles. The molecule has 1 N–H and O–H groups in total. The van der Waals surface area contributed by atoms with Crippen molar-refractivity contribution in [1.29, 1.82) is 0 Å². The fourth-order valence-corrected chi connectivity index (χ4v) is 4.29. The van der Waals surface area contributed by atoms with Gasteiger partial charge in [-0.25, -0.2) is 0 Å². The minimum atomic E-state index is -0.443. The van der Waals surface area contributed by atoms with Crippen LogP contribution in [0.5, 0.6) is 0 Å². The minimum Gasteiger partial charge on any atom is -0.387 e. The summed E-state index contributed by atoms with van der Waals surface area (Å²) in [4.78, 5) is 6.86. The highest BCUT2D eigenvalue weighted by molar-refractivity contribution is 5.82. The van der Waals surface area contributed by atoms with Gasteiger partial charge in [-0.1, -0.05) is 24.3 Å². The van der Waals surface area contributed by atoms with Crippen molar-refractivity contribution < 1.29 is 5.11 Å². The van der Waals surface area contributed by atoms with E-state index in [9.17, 15) is 5.11 Å². The standard InChI is InChI=1S/C19H22N2O/c1-2-13-12-21-10-8-14(13)11-18(21)19(22)16-7-9-20-17-6-4-3-5-15(16)17/h2-7,9,13-14,18-19,22H,1,8,10-12H2/t13-,14-,18?,19-/m0/s1. The van der Waals surface area contributed by atoms with E-state index in [-0.39, 0.29) is 6.04 Å². The van der Waals surface area contributed by atoms with Crippen molar-refractivity contribution in [1.82, 2.24) is 9.88 Å². The number of aliphatic hydroxyl groups excluding tert-OH is 1. The average molecular weight is 294 g/mol. The van der Waals surface area contributed by atoms with Crippen LogP contribution in [0.1, 0.15) is 24.5 Å². The fourth-order valence-electron chi connectivity index (χ4n) is 4.29. The number of piperidine rings is 3. The molecule has 5 atom stereocenters. The Balaban J connectivity index is 1.67. The lowest BCUT2D eigenvalue weighted by Crippen LogP contribution is -2.54. The number of hydrogen-bond acceptors (Lipinski definition) is 3. The van der Waals surface area contributed by atoms with Gasteiger partial charge in [-0.15, -0.1) is 6.58 Å². The predicted octanol–water partition coefficient (Wildman–Crippen LogP) is 3.16. The van der Waals surface area contributed by atoms with Crippen LogP contribution in [0.4, 0.5) is 0 Å². The lowest BCUT2D eigenvalue weighted by Gasteiger charge is -2.50. The Morgan fingerprint density at radius 1 is 1.32 bits per heavy atom. The first-order chi connectivity index (χ1) is 10.8. The van der Waals surface area contributed by atoms with Crippen LogP contribution in [-0.4, -0.2) is 34.1 Å². The summed E-state index contributed by atoms with van der Waals surface area (Å²) in [5, 5.41) is 12.1. The van der Waals surface area contributed by atoms with Crippen LogP contribution >= 0.6 is 0 Å². The minimum absolute atomic E-state index is 0.223. The summed E-state index contributed by atoms with van der Waals surface area (Å²) in [6.45, 7) is 6.11. The van der Waals surface area contributed by atoms with Gasteiger partial charge in [0.15, 0.2) is 0 Å². The Bertz CT molecular complexity index is 693. The van der Waals surface area contributed by atoms with Gasteiger partial charge in [0.25, 0.3) is 0 Å². The molecule has 3 nitrogen and oxygen atoms in total. The molecule has 0 aliphatic carbocycles. The van der Waals surface area contributed by atoms with Crippen molar-refractivity contribution in [2.75, 3.05) is 13.1 Å². The van der Waals surface area contributed by atoms with Gasteiger partial charge < -0.3 is 5.11 Å². The summed E-state index contributed by atoms with van der Waals surface area (Å²) in [7, 11) is 0. The van der Waals surface area contributed by atoms with E-state index in [4.69, 9.17) is 0 Å². The molecule has 2 unspecified atom stereocenters. The summed E-state index contributed by atoms with van der Waals surface area (Å²) in [5.41, 5.74) is 1.97. The normalized spacial score (nSPS) is 32.0. The Kier molecular flexibility index (Phi) is 3.47. The monoisotopic (exact) mass is 294 g/mol. The van der Waals surface area contributed by atoms with Crippen molar-refractivity contribution >= 4 is 10.9 Å². The number of fused-ring (bicyclic) bond motifs is 4. The second-order valence-electron chi connectivity index (χ2n) is 6.61. The molecule has 3 aliphatic rings. The zero-order valence-corrected chi connectivity index (χ0v) is 12.7. The lowest BCUT2D eigenvalue weighted by atomic mass is 9.73. The second-order valence-corrected chi connectivity index (χ2v) is 6.61. The van der Waals surface area contributed by atoms with Crippen LogP contribution in [0.3, 0.4) is 0 Å². The Hall–Kier alpha value is -1.71. The number of aromatic nitrogens is 1. The molecule has 3 saturated heterocycles. The Morgan fingerprint density at radius 3 is 2.95 bits per heavy atom. The molecule has 2 bridgehead atoms. The summed E-state index contributed by atoms with van der Waals surface area (Å²) in [6, 6.07) is 10.3. The van der Waals surface area contributed by atoms with Gasteiger partial charge in [0.05, 0.1) is 11.6 Å². The Morgan fingerprint density at radius 2 is 2.18 bits per heavy atom. The first kappa shape index (κ1) is 13.9. The SMILES string of the molecule is C=C[C@H]1CN2CC[C@H]1CC2[C@@H](O)c1ccnc2ccccc12. The van der Waals surface area contributed by atoms with Crippen LogP contribution in [0.15, 0.2) is 49.2 Å². The molecule has 3 fully saturated rings.